The second kappa shape index (κ2) is 5.52. The van der Waals surface area contributed by atoms with Crippen molar-refractivity contribution in [2.75, 3.05) is 0 Å². The van der Waals surface area contributed by atoms with Crippen LogP contribution in [0, 0.1) is 0 Å². The summed E-state index contributed by atoms with van der Waals surface area (Å²) in [6.07, 6.45) is 3.45. The summed E-state index contributed by atoms with van der Waals surface area (Å²) in [5, 5.41) is 10.6. The lowest BCUT2D eigenvalue weighted by atomic mass is 10.1. The molecule has 4 rings (SSSR count). The van der Waals surface area contributed by atoms with Gasteiger partial charge in [-0.3, -0.25) is 4.79 Å². The Labute approximate surface area is 137 Å². The number of thiophene rings is 1. The normalized spacial score (nSPS) is 12.6. The summed E-state index contributed by atoms with van der Waals surface area (Å²) >= 11 is 1.70. The predicted molar refractivity (Wildman–Crippen MR) is 92.9 cm³/mol. The largest absolute Gasteiger partial charge is 0.345 e. The second-order valence-corrected chi connectivity index (χ2v) is 6.38. The lowest BCUT2D eigenvalue weighted by molar-refractivity contribution is 0.0942. The van der Waals surface area contributed by atoms with Crippen LogP contribution in [0.3, 0.4) is 0 Å². The highest BCUT2D eigenvalue weighted by Crippen LogP contribution is 2.30. The molecule has 0 bridgehead atoms. The van der Waals surface area contributed by atoms with Crippen LogP contribution in [0.4, 0.5) is 0 Å². The molecule has 0 aliphatic heterocycles. The highest BCUT2D eigenvalue weighted by atomic mass is 32.1. The third-order valence-electron chi connectivity index (χ3n) is 4.00. The zero-order chi connectivity index (χ0) is 15.8. The van der Waals surface area contributed by atoms with Gasteiger partial charge in [0.15, 0.2) is 0 Å². The van der Waals surface area contributed by atoms with Crippen molar-refractivity contribution in [2.45, 2.75) is 13.0 Å². The van der Waals surface area contributed by atoms with E-state index in [1.165, 1.54) is 10.1 Å². The van der Waals surface area contributed by atoms with Gasteiger partial charge in [0.1, 0.15) is 0 Å². The zero-order valence-corrected chi connectivity index (χ0v) is 13.4. The molecule has 0 radical (unpaired) electrons. The molecule has 0 aliphatic carbocycles. The lowest BCUT2D eigenvalue weighted by Gasteiger charge is -2.13. The summed E-state index contributed by atoms with van der Waals surface area (Å²) in [6, 6.07) is 13.9. The Morgan fingerprint density at radius 1 is 1.22 bits per heavy atom. The molecule has 0 fully saturated rings. The van der Waals surface area contributed by atoms with Crippen LogP contribution in [0.25, 0.3) is 15.6 Å². The summed E-state index contributed by atoms with van der Waals surface area (Å²) < 4.78 is 2.94. The van der Waals surface area contributed by atoms with Crippen molar-refractivity contribution in [3.63, 3.8) is 0 Å². The van der Waals surface area contributed by atoms with Gasteiger partial charge >= 0.3 is 0 Å². The average Bonchev–Trinajstić information content (AvgIpc) is 3.19. The number of carbonyl (C=O) groups excluding carboxylic acids is 1. The smallest absolute Gasteiger partial charge is 0.255 e. The van der Waals surface area contributed by atoms with E-state index in [0.29, 0.717) is 5.56 Å². The first kappa shape index (κ1) is 14.0. The van der Waals surface area contributed by atoms with Gasteiger partial charge in [0.2, 0.25) is 0 Å². The Kier molecular flexibility index (Phi) is 3.35. The number of aromatic nitrogens is 2. The molecule has 1 aromatic carbocycles. The third-order valence-corrected chi connectivity index (χ3v) is 4.98. The number of carbonyl (C=O) groups is 1. The molecule has 0 unspecified atom stereocenters. The maximum atomic E-state index is 12.6. The molecule has 0 saturated heterocycles. The van der Waals surface area contributed by atoms with Crippen LogP contribution < -0.4 is 5.32 Å². The summed E-state index contributed by atoms with van der Waals surface area (Å²) in [5.74, 6) is -0.103. The van der Waals surface area contributed by atoms with Crippen LogP contribution >= 0.6 is 11.3 Å². The van der Waals surface area contributed by atoms with Crippen molar-refractivity contribution in [3.05, 3.63) is 71.4 Å². The first-order valence-electron chi connectivity index (χ1n) is 7.43. The van der Waals surface area contributed by atoms with Crippen molar-refractivity contribution in [2.24, 2.45) is 0 Å². The van der Waals surface area contributed by atoms with Crippen molar-refractivity contribution >= 4 is 32.8 Å². The molecule has 4 aromatic rings. The van der Waals surface area contributed by atoms with E-state index in [-0.39, 0.29) is 11.9 Å². The maximum Gasteiger partial charge on any atom is 0.255 e. The molecule has 1 atom stereocenters. The van der Waals surface area contributed by atoms with Crippen molar-refractivity contribution in [1.29, 1.82) is 0 Å². The van der Waals surface area contributed by atoms with E-state index >= 15 is 0 Å². The number of nitrogens with zero attached hydrogens (tertiary/aromatic N) is 2. The minimum absolute atomic E-state index is 0.0580. The molecule has 1 N–H and O–H groups in total. The van der Waals surface area contributed by atoms with Crippen LogP contribution in [0.15, 0.2) is 60.2 Å². The average molecular weight is 321 g/mol. The Balaban J connectivity index is 1.63. The molecule has 1 amide bonds. The zero-order valence-electron chi connectivity index (χ0n) is 12.6. The van der Waals surface area contributed by atoms with Crippen LogP contribution in [0.2, 0.25) is 0 Å². The van der Waals surface area contributed by atoms with Crippen LogP contribution in [-0.4, -0.2) is 15.5 Å². The fraction of sp³-hybridized carbons (Fsp3) is 0.111. The van der Waals surface area contributed by atoms with Crippen LogP contribution in [0.5, 0.6) is 0 Å². The molecule has 0 spiro atoms. The molecular weight excluding hydrogens is 306 g/mol. The van der Waals surface area contributed by atoms with E-state index in [4.69, 9.17) is 0 Å². The molecule has 3 heterocycles. The van der Waals surface area contributed by atoms with Gasteiger partial charge < -0.3 is 5.32 Å². The summed E-state index contributed by atoms with van der Waals surface area (Å²) in [6.45, 7) is 2.01. The SMILES string of the molecule is C[C@@H](NC(=O)c1cnn2ccccc12)c1csc2ccccc12. The van der Waals surface area contributed by atoms with Gasteiger partial charge in [-0.15, -0.1) is 11.3 Å². The maximum absolute atomic E-state index is 12.6. The van der Waals surface area contributed by atoms with E-state index in [2.05, 4.69) is 27.9 Å². The molecule has 0 saturated carbocycles. The van der Waals surface area contributed by atoms with E-state index < -0.39 is 0 Å². The highest BCUT2D eigenvalue weighted by molar-refractivity contribution is 7.17. The van der Waals surface area contributed by atoms with Gasteiger partial charge in [-0.05, 0) is 41.5 Å². The Morgan fingerprint density at radius 3 is 2.96 bits per heavy atom. The first-order valence-corrected chi connectivity index (χ1v) is 8.31. The number of nitrogens with one attached hydrogen (secondary N) is 1. The summed E-state index contributed by atoms with van der Waals surface area (Å²) in [7, 11) is 0. The number of fused-ring (bicyclic) bond motifs is 2. The van der Waals surface area contributed by atoms with Crippen molar-refractivity contribution in [1.82, 2.24) is 14.9 Å². The first-order chi connectivity index (χ1) is 11.2. The van der Waals surface area contributed by atoms with Gasteiger partial charge in [0.05, 0.1) is 23.3 Å². The van der Waals surface area contributed by atoms with E-state index in [1.54, 1.807) is 22.0 Å². The monoisotopic (exact) mass is 321 g/mol. The standard InChI is InChI=1S/C18H15N3OS/c1-12(15-11-23-17-8-3-2-6-13(15)17)20-18(22)14-10-19-21-9-5-4-7-16(14)21/h2-12H,1H3,(H,20,22)/t12-/m1/s1. The van der Waals surface area contributed by atoms with Crippen molar-refractivity contribution in [3.8, 4) is 0 Å². The van der Waals surface area contributed by atoms with Gasteiger partial charge in [-0.25, -0.2) is 4.52 Å². The number of hydrogen-bond donors (Lipinski definition) is 1. The lowest BCUT2D eigenvalue weighted by Crippen LogP contribution is -2.26. The highest BCUT2D eigenvalue weighted by Gasteiger charge is 2.17. The minimum atomic E-state index is -0.103. The fourth-order valence-corrected chi connectivity index (χ4v) is 3.85. The van der Waals surface area contributed by atoms with E-state index in [1.807, 2.05) is 43.5 Å². The molecule has 5 heteroatoms. The van der Waals surface area contributed by atoms with Gasteiger partial charge in [-0.1, -0.05) is 24.3 Å². The number of pyridine rings is 1. The van der Waals surface area contributed by atoms with Gasteiger partial charge in [0, 0.05) is 10.9 Å². The summed E-state index contributed by atoms with van der Waals surface area (Å²) in [4.78, 5) is 12.6. The van der Waals surface area contributed by atoms with E-state index in [9.17, 15) is 4.79 Å². The summed E-state index contributed by atoms with van der Waals surface area (Å²) in [5.41, 5.74) is 2.56. The minimum Gasteiger partial charge on any atom is -0.345 e. The number of benzene rings is 1. The van der Waals surface area contributed by atoms with Gasteiger partial charge in [-0.2, -0.15) is 5.10 Å². The quantitative estimate of drug-likeness (QED) is 0.619. The molecule has 4 nitrogen and oxygen atoms in total. The Bertz CT molecular complexity index is 1000. The van der Waals surface area contributed by atoms with Crippen LogP contribution in [0.1, 0.15) is 28.9 Å². The third kappa shape index (κ3) is 2.39. The molecule has 3 aromatic heterocycles. The molecular formula is C18H15N3OS. The topological polar surface area (TPSA) is 46.4 Å². The Hall–Kier alpha value is -2.66. The molecule has 23 heavy (non-hydrogen) atoms. The molecule has 114 valence electrons. The van der Waals surface area contributed by atoms with E-state index in [0.717, 1.165) is 11.1 Å². The van der Waals surface area contributed by atoms with Crippen LogP contribution in [-0.2, 0) is 0 Å². The second-order valence-electron chi connectivity index (χ2n) is 5.47. The number of rotatable bonds is 3. The predicted octanol–water partition coefficient (Wildman–Crippen LogP) is 4.04. The number of amides is 1. The Morgan fingerprint density at radius 2 is 2.04 bits per heavy atom. The van der Waals surface area contributed by atoms with Crippen molar-refractivity contribution < 1.29 is 4.79 Å². The fourth-order valence-electron chi connectivity index (χ4n) is 2.80. The molecule has 0 aliphatic rings. The number of hydrogen-bond acceptors (Lipinski definition) is 3. The van der Waals surface area contributed by atoms with Gasteiger partial charge in [0.25, 0.3) is 5.91 Å².